The standard InChI is InChI=1S/C10H12ClNO3/c1-6(5-13)12-10(15)8-4-7(11)2-3-9(8)14/h2-4,6,13-14H,5H2,1H3,(H,12,15). The fourth-order valence-electron chi connectivity index (χ4n) is 1.04. The van der Waals surface area contributed by atoms with Crippen LogP contribution in [0.15, 0.2) is 18.2 Å². The molecule has 0 saturated carbocycles. The van der Waals surface area contributed by atoms with Gasteiger partial charge in [-0.2, -0.15) is 0 Å². The van der Waals surface area contributed by atoms with Crippen LogP contribution in [0.25, 0.3) is 0 Å². The predicted molar refractivity (Wildman–Crippen MR) is 57.1 cm³/mol. The van der Waals surface area contributed by atoms with Crippen molar-refractivity contribution < 1.29 is 15.0 Å². The lowest BCUT2D eigenvalue weighted by atomic mass is 10.2. The quantitative estimate of drug-likeness (QED) is 0.729. The number of amides is 1. The first kappa shape index (κ1) is 11.8. The number of rotatable bonds is 3. The molecule has 1 rings (SSSR count). The third-order valence-corrected chi connectivity index (χ3v) is 2.09. The summed E-state index contributed by atoms with van der Waals surface area (Å²) in [5.74, 6) is -0.599. The summed E-state index contributed by atoms with van der Waals surface area (Å²) in [6.45, 7) is 1.49. The van der Waals surface area contributed by atoms with Crippen LogP contribution in [0.3, 0.4) is 0 Å². The Morgan fingerprint density at radius 1 is 1.60 bits per heavy atom. The fraction of sp³-hybridized carbons (Fsp3) is 0.300. The Labute approximate surface area is 92.5 Å². The van der Waals surface area contributed by atoms with Gasteiger partial charge in [-0.3, -0.25) is 4.79 Å². The molecule has 0 radical (unpaired) electrons. The number of benzene rings is 1. The van der Waals surface area contributed by atoms with Crippen molar-refractivity contribution in [3.05, 3.63) is 28.8 Å². The van der Waals surface area contributed by atoms with Crippen molar-refractivity contribution in [2.75, 3.05) is 6.61 Å². The minimum Gasteiger partial charge on any atom is -0.507 e. The Morgan fingerprint density at radius 2 is 2.27 bits per heavy atom. The minimum absolute atomic E-state index is 0.0998. The third kappa shape index (κ3) is 3.11. The largest absolute Gasteiger partial charge is 0.507 e. The number of hydrogen-bond acceptors (Lipinski definition) is 3. The van der Waals surface area contributed by atoms with E-state index in [1.54, 1.807) is 6.92 Å². The molecule has 1 aromatic rings. The van der Waals surface area contributed by atoms with Gasteiger partial charge in [0.05, 0.1) is 12.2 Å². The highest BCUT2D eigenvalue weighted by atomic mass is 35.5. The van der Waals surface area contributed by atoms with Gasteiger partial charge in [-0.25, -0.2) is 0 Å². The van der Waals surface area contributed by atoms with Gasteiger partial charge in [-0.15, -0.1) is 0 Å². The average molecular weight is 230 g/mol. The molecule has 3 N–H and O–H groups in total. The summed E-state index contributed by atoms with van der Waals surface area (Å²) in [6.07, 6.45) is 0. The predicted octanol–water partition coefficient (Wildman–Crippen LogP) is 1.16. The maximum atomic E-state index is 11.5. The van der Waals surface area contributed by atoms with Gasteiger partial charge in [0.25, 0.3) is 5.91 Å². The van der Waals surface area contributed by atoms with E-state index in [1.807, 2.05) is 0 Å². The normalized spacial score (nSPS) is 12.2. The number of aromatic hydroxyl groups is 1. The highest BCUT2D eigenvalue weighted by molar-refractivity contribution is 6.31. The zero-order valence-corrected chi connectivity index (χ0v) is 8.95. The Balaban J connectivity index is 2.86. The monoisotopic (exact) mass is 229 g/mol. The van der Waals surface area contributed by atoms with Gasteiger partial charge >= 0.3 is 0 Å². The van der Waals surface area contributed by atoms with Gasteiger partial charge in [0.2, 0.25) is 0 Å². The molecule has 0 aromatic heterocycles. The molecule has 82 valence electrons. The van der Waals surface area contributed by atoms with Crippen LogP contribution in [0.1, 0.15) is 17.3 Å². The highest BCUT2D eigenvalue weighted by Gasteiger charge is 2.13. The molecule has 0 aliphatic rings. The molecule has 4 nitrogen and oxygen atoms in total. The van der Waals surface area contributed by atoms with E-state index in [1.165, 1.54) is 18.2 Å². The second kappa shape index (κ2) is 5.00. The third-order valence-electron chi connectivity index (χ3n) is 1.85. The van der Waals surface area contributed by atoms with Gasteiger partial charge in [0, 0.05) is 11.1 Å². The minimum atomic E-state index is -0.462. The molecule has 0 saturated heterocycles. The van der Waals surface area contributed by atoms with Gasteiger partial charge in [0.15, 0.2) is 0 Å². The second-order valence-electron chi connectivity index (χ2n) is 3.22. The molecule has 0 spiro atoms. The topological polar surface area (TPSA) is 69.6 Å². The number of phenols is 1. The van der Waals surface area contributed by atoms with E-state index in [2.05, 4.69) is 5.32 Å². The molecular weight excluding hydrogens is 218 g/mol. The lowest BCUT2D eigenvalue weighted by Crippen LogP contribution is -2.35. The smallest absolute Gasteiger partial charge is 0.255 e. The van der Waals surface area contributed by atoms with Crippen molar-refractivity contribution in [1.82, 2.24) is 5.32 Å². The molecule has 0 aliphatic carbocycles. The number of phenolic OH excluding ortho intramolecular Hbond substituents is 1. The summed E-state index contributed by atoms with van der Waals surface area (Å²) in [5, 5.41) is 21.0. The van der Waals surface area contributed by atoms with Gasteiger partial charge in [0.1, 0.15) is 5.75 Å². The van der Waals surface area contributed by atoms with Crippen LogP contribution in [0.4, 0.5) is 0 Å². The van der Waals surface area contributed by atoms with Crippen LogP contribution >= 0.6 is 11.6 Å². The summed E-state index contributed by atoms with van der Waals surface area (Å²) in [4.78, 5) is 11.5. The molecule has 5 heteroatoms. The molecule has 1 amide bonds. The Bertz CT molecular complexity index is 368. The van der Waals surface area contributed by atoms with E-state index in [4.69, 9.17) is 16.7 Å². The first-order valence-electron chi connectivity index (χ1n) is 4.45. The summed E-state index contributed by atoms with van der Waals surface area (Å²) in [5.41, 5.74) is 0.0998. The first-order valence-corrected chi connectivity index (χ1v) is 4.82. The molecule has 0 heterocycles. The van der Waals surface area contributed by atoms with E-state index in [-0.39, 0.29) is 24.0 Å². The fourth-order valence-corrected chi connectivity index (χ4v) is 1.21. The number of hydrogen-bond donors (Lipinski definition) is 3. The SMILES string of the molecule is CC(CO)NC(=O)c1cc(Cl)ccc1O. The zero-order valence-electron chi connectivity index (χ0n) is 8.20. The van der Waals surface area contributed by atoms with Gasteiger partial charge in [-0.05, 0) is 25.1 Å². The number of aliphatic hydroxyl groups is 1. The second-order valence-corrected chi connectivity index (χ2v) is 3.65. The molecular formula is C10H12ClNO3. The number of nitrogens with one attached hydrogen (secondary N) is 1. The number of carbonyl (C=O) groups excluding carboxylic acids is 1. The van der Waals surface area contributed by atoms with Gasteiger partial charge in [-0.1, -0.05) is 11.6 Å². The summed E-state index contributed by atoms with van der Waals surface area (Å²) >= 11 is 5.69. The van der Waals surface area contributed by atoms with Crippen LogP contribution in [0.5, 0.6) is 5.75 Å². The maximum Gasteiger partial charge on any atom is 0.255 e. The van der Waals surface area contributed by atoms with Gasteiger partial charge < -0.3 is 15.5 Å². The number of aliphatic hydroxyl groups excluding tert-OH is 1. The van der Waals surface area contributed by atoms with E-state index in [0.29, 0.717) is 5.02 Å². The van der Waals surface area contributed by atoms with Crippen LogP contribution in [0.2, 0.25) is 5.02 Å². The summed E-state index contributed by atoms with van der Waals surface area (Å²) in [7, 11) is 0. The summed E-state index contributed by atoms with van der Waals surface area (Å²) < 4.78 is 0. The lowest BCUT2D eigenvalue weighted by molar-refractivity contribution is 0.0919. The molecule has 0 fully saturated rings. The Morgan fingerprint density at radius 3 is 2.87 bits per heavy atom. The molecule has 0 bridgehead atoms. The van der Waals surface area contributed by atoms with Crippen molar-refractivity contribution in [3.63, 3.8) is 0 Å². The van der Waals surface area contributed by atoms with Crippen molar-refractivity contribution in [1.29, 1.82) is 0 Å². The Kier molecular flexibility index (Phi) is 3.94. The van der Waals surface area contributed by atoms with Crippen LogP contribution in [0, 0.1) is 0 Å². The zero-order chi connectivity index (χ0) is 11.4. The highest BCUT2D eigenvalue weighted by Crippen LogP contribution is 2.21. The maximum absolute atomic E-state index is 11.5. The van der Waals surface area contributed by atoms with E-state index >= 15 is 0 Å². The van der Waals surface area contributed by atoms with Crippen molar-refractivity contribution in [3.8, 4) is 5.75 Å². The lowest BCUT2D eigenvalue weighted by Gasteiger charge is -2.11. The van der Waals surface area contributed by atoms with Crippen LogP contribution < -0.4 is 5.32 Å². The first-order chi connectivity index (χ1) is 7.04. The van der Waals surface area contributed by atoms with Crippen LogP contribution in [-0.4, -0.2) is 28.8 Å². The molecule has 15 heavy (non-hydrogen) atoms. The molecule has 1 aromatic carbocycles. The number of carbonyl (C=O) groups is 1. The van der Waals surface area contributed by atoms with Crippen LogP contribution in [-0.2, 0) is 0 Å². The van der Waals surface area contributed by atoms with E-state index in [0.717, 1.165) is 0 Å². The van der Waals surface area contributed by atoms with E-state index in [9.17, 15) is 9.90 Å². The molecule has 1 atom stereocenters. The van der Waals surface area contributed by atoms with E-state index < -0.39 is 5.91 Å². The van der Waals surface area contributed by atoms with Crippen molar-refractivity contribution in [2.24, 2.45) is 0 Å². The Hall–Kier alpha value is -1.26. The van der Waals surface area contributed by atoms with Crippen molar-refractivity contribution >= 4 is 17.5 Å². The average Bonchev–Trinajstić information content (AvgIpc) is 2.21. The molecule has 1 unspecified atom stereocenters. The summed E-state index contributed by atoms with van der Waals surface area (Å²) in [6, 6.07) is 3.84. The van der Waals surface area contributed by atoms with Crippen molar-refractivity contribution in [2.45, 2.75) is 13.0 Å². The number of halogens is 1. The molecule has 0 aliphatic heterocycles.